The predicted molar refractivity (Wildman–Crippen MR) is 117 cm³/mol. The van der Waals surface area contributed by atoms with E-state index in [1.165, 1.54) is 6.07 Å². The molecule has 13 heteroatoms. The van der Waals surface area contributed by atoms with E-state index < -0.39 is 35.4 Å². The minimum atomic E-state index is -4.09. The second-order valence-corrected chi connectivity index (χ2v) is 14.1. The third-order valence-electron chi connectivity index (χ3n) is 5.66. The summed E-state index contributed by atoms with van der Waals surface area (Å²) in [5, 5.41) is 0.223. The summed E-state index contributed by atoms with van der Waals surface area (Å²) in [7, 11) is -9.12. The van der Waals surface area contributed by atoms with Crippen LogP contribution < -0.4 is 14.3 Å². The molecule has 1 aliphatic heterocycles. The van der Waals surface area contributed by atoms with E-state index in [1.807, 2.05) is 0 Å². The van der Waals surface area contributed by atoms with Crippen LogP contribution in [0.3, 0.4) is 0 Å². The van der Waals surface area contributed by atoms with Crippen molar-refractivity contribution >= 4 is 47.2 Å². The Morgan fingerprint density at radius 1 is 1.27 bits per heavy atom. The van der Waals surface area contributed by atoms with Gasteiger partial charge in [-0.15, -0.1) is 0 Å². The Balaban J connectivity index is 1.89. The third kappa shape index (κ3) is 5.28. The quantitative estimate of drug-likeness (QED) is 0.534. The molecule has 0 bridgehead atoms. The number of rotatable bonds is 8. The fraction of sp³-hybridized carbons (Fsp3) is 0.647. The van der Waals surface area contributed by atoms with Crippen molar-refractivity contribution in [1.82, 2.24) is 9.44 Å². The molecule has 1 heterocycles. The van der Waals surface area contributed by atoms with Gasteiger partial charge in [-0.3, -0.25) is 0 Å². The van der Waals surface area contributed by atoms with Gasteiger partial charge in [-0.25, -0.2) is 34.7 Å². The Morgan fingerprint density at radius 2 is 1.97 bits per heavy atom. The Kier molecular flexibility index (Phi) is 6.50. The van der Waals surface area contributed by atoms with Crippen LogP contribution in [0.15, 0.2) is 23.1 Å². The van der Waals surface area contributed by atoms with Crippen molar-refractivity contribution in [2.75, 3.05) is 42.8 Å². The van der Waals surface area contributed by atoms with Crippen molar-refractivity contribution in [3.8, 4) is 0 Å². The fourth-order valence-electron chi connectivity index (χ4n) is 4.36. The first kappa shape index (κ1) is 23.7. The highest BCUT2D eigenvalue weighted by Gasteiger charge is 2.54. The molecule has 1 aliphatic carbocycles. The van der Waals surface area contributed by atoms with Crippen molar-refractivity contribution in [3.05, 3.63) is 23.2 Å². The van der Waals surface area contributed by atoms with Gasteiger partial charge in [0.05, 0.1) is 29.0 Å². The van der Waals surface area contributed by atoms with Gasteiger partial charge < -0.3 is 4.90 Å². The van der Waals surface area contributed by atoms with E-state index in [9.17, 15) is 25.3 Å². The van der Waals surface area contributed by atoms with Gasteiger partial charge in [0.2, 0.25) is 20.0 Å². The largest absolute Gasteiger partial charge is 0.372 e. The van der Waals surface area contributed by atoms with Crippen LogP contribution >= 0.6 is 11.6 Å². The molecule has 2 fully saturated rings. The Bertz CT molecular complexity index is 1140. The van der Waals surface area contributed by atoms with E-state index in [1.54, 1.807) is 24.1 Å². The van der Waals surface area contributed by atoms with E-state index in [0.29, 0.717) is 18.5 Å². The second-order valence-electron chi connectivity index (χ2n) is 8.11. The molecule has 2 atom stereocenters. The number of sulfone groups is 1. The normalized spacial score (nSPS) is 25.9. The molecule has 0 radical (unpaired) electrons. The lowest BCUT2D eigenvalue weighted by molar-refractivity contribution is 0.362. The standard InChI is InChI=1S/C17H26ClN3O6S3/c1-21(9-8-19-28(2,22)23)15-6-5-14(18)10-16(15)30(26,27)20-17-7-3-4-13(17)11-29(24,25)12-17/h5-6,10,13,19-20H,3-4,7-9,11-12H2,1-2H3. The number of nitrogens with zero attached hydrogens (tertiary/aromatic N) is 1. The maximum absolute atomic E-state index is 13.3. The number of anilines is 1. The molecule has 0 spiro atoms. The molecule has 0 aromatic heterocycles. The molecule has 2 unspecified atom stereocenters. The SMILES string of the molecule is CN(CCNS(C)(=O)=O)c1ccc(Cl)cc1S(=O)(=O)NC12CCCC1CS(=O)(=O)C2. The summed E-state index contributed by atoms with van der Waals surface area (Å²) in [6.45, 7) is 0.314. The molecule has 1 aromatic rings. The summed E-state index contributed by atoms with van der Waals surface area (Å²) in [4.78, 5) is 1.54. The molecule has 2 aliphatic rings. The zero-order chi connectivity index (χ0) is 22.4. The second kappa shape index (κ2) is 8.21. The average molecular weight is 500 g/mol. The van der Waals surface area contributed by atoms with Gasteiger partial charge in [0.15, 0.2) is 9.84 Å². The van der Waals surface area contributed by atoms with Crippen LogP contribution in [0.1, 0.15) is 19.3 Å². The number of hydrogen-bond donors (Lipinski definition) is 2. The molecule has 9 nitrogen and oxygen atoms in total. The van der Waals surface area contributed by atoms with Gasteiger partial charge >= 0.3 is 0 Å². The van der Waals surface area contributed by atoms with Gasteiger partial charge in [-0.2, -0.15) is 0 Å². The van der Waals surface area contributed by atoms with Gasteiger partial charge in [0.25, 0.3) is 0 Å². The van der Waals surface area contributed by atoms with Gasteiger partial charge in [0.1, 0.15) is 4.90 Å². The molecule has 30 heavy (non-hydrogen) atoms. The Morgan fingerprint density at radius 3 is 2.63 bits per heavy atom. The van der Waals surface area contributed by atoms with Crippen molar-refractivity contribution < 1.29 is 25.3 Å². The van der Waals surface area contributed by atoms with Crippen molar-refractivity contribution in [2.45, 2.75) is 29.7 Å². The van der Waals surface area contributed by atoms with Gasteiger partial charge in [0, 0.05) is 25.2 Å². The van der Waals surface area contributed by atoms with Crippen LogP contribution in [0, 0.1) is 5.92 Å². The molecule has 2 N–H and O–H groups in total. The van der Waals surface area contributed by atoms with E-state index in [-0.39, 0.29) is 40.4 Å². The minimum Gasteiger partial charge on any atom is -0.372 e. The monoisotopic (exact) mass is 499 g/mol. The maximum atomic E-state index is 13.3. The fourth-order valence-corrected chi connectivity index (χ4v) is 9.37. The van der Waals surface area contributed by atoms with Crippen LogP contribution in [-0.4, -0.2) is 68.7 Å². The molecule has 3 rings (SSSR count). The average Bonchev–Trinajstić information content (AvgIpc) is 3.03. The van der Waals surface area contributed by atoms with Crippen molar-refractivity contribution in [3.63, 3.8) is 0 Å². The maximum Gasteiger partial charge on any atom is 0.243 e. The van der Waals surface area contributed by atoms with Crippen molar-refractivity contribution in [2.24, 2.45) is 5.92 Å². The lowest BCUT2D eigenvalue weighted by atomic mass is 9.92. The summed E-state index contributed by atoms with van der Waals surface area (Å²) in [5.74, 6) is -0.445. The summed E-state index contributed by atoms with van der Waals surface area (Å²) in [6, 6.07) is 4.42. The first-order chi connectivity index (χ1) is 13.7. The molecule has 0 amide bonds. The van der Waals surface area contributed by atoms with Crippen LogP contribution in [0.25, 0.3) is 0 Å². The van der Waals surface area contributed by atoms with Gasteiger partial charge in [-0.05, 0) is 37.0 Å². The topological polar surface area (TPSA) is 130 Å². The predicted octanol–water partition coefficient (Wildman–Crippen LogP) is 0.571. The Labute approximate surface area is 183 Å². The number of sulfonamides is 2. The van der Waals surface area contributed by atoms with E-state index in [2.05, 4.69) is 9.44 Å². The molecule has 1 saturated carbocycles. The van der Waals surface area contributed by atoms with E-state index >= 15 is 0 Å². The number of benzene rings is 1. The third-order valence-corrected chi connectivity index (χ3v) is 10.1. The summed E-state index contributed by atoms with van der Waals surface area (Å²) < 4.78 is 78.7. The molecule has 170 valence electrons. The van der Waals surface area contributed by atoms with Crippen LogP contribution in [0.5, 0.6) is 0 Å². The number of nitrogens with one attached hydrogen (secondary N) is 2. The zero-order valence-electron chi connectivity index (χ0n) is 16.8. The highest BCUT2D eigenvalue weighted by atomic mass is 35.5. The van der Waals surface area contributed by atoms with E-state index in [0.717, 1.165) is 12.7 Å². The number of fused-ring (bicyclic) bond motifs is 1. The molecule has 1 saturated heterocycles. The summed E-state index contributed by atoms with van der Waals surface area (Å²) in [5.41, 5.74) is -0.651. The summed E-state index contributed by atoms with van der Waals surface area (Å²) >= 11 is 6.06. The number of halogens is 1. The van der Waals surface area contributed by atoms with Crippen LogP contribution in [0.2, 0.25) is 5.02 Å². The zero-order valence-corrected chi connectivity index (χ0v) is 20.0. The molecular formula is C17H26ClN3O6S3. The van der Waals surface area contributed by atoms with Crippen LogP contribution in [0.4, 0.5) is 5.69 Å². The van der Waals surface area contributed by atoms with E-state index in [4.69, 9.17) is 11.6 Å². The molecular weight excluding hydrogens is 474 g/mol. The van der Waals surface area contributed by atoms with Crippen LogP contribution in [-0.2, 0) is 29.9 Å². The summed E-state index contributed by atoms with van der Waals surface area (Å²) in [6.07, 6.45) is 2.95. The lowest BCUT2D eigenvalue weighted by Gasteiger charge is -2.30. The highest BCUT2D eigenvalue weighted by Crippen LogP contribution is 2.44. The van der Waals surface area contributed by atoms with Gasteiger partial charge in [-0.1, -0.05) is 18.0 Å². The first-order valence-corrected chi connectivity index (χ1v) is 15.0. The lowest BCUT2D eigenvalue weighted by Crippen LogP contribution is -2.51. The minimum absolute atomic E-state index is 0.00497. The Hall–Kier alpha value is -0.920. The van der Waals surface area contributed by atoms with Crippen molar-refractivity contribution in [1.29, 1.82) is 0 Å². The highest BCUT2D eigenvalue weighted by molar-refractivity contribution is 7.92. The smallest absolute Gasteiger partial charge is 0.243 e. The molecule has 1 aromatic carbocycles. The first-order valence-electron chi connectivity index (χ1n) is 9.43. The number of hydrogen-bond acceptors (Lipinski definition) is 7. The number of likely N-dealkylation sites (N-methyl/N-ethyl adjacent to an activating group) is 1.